The van der Waals surface area contributed by atoms with E-state index >= 15 is 0 Å². The predicted molar refractivity (Wildman–Crippen MR) is 87.8 cm³/mol. The molecule has 0 bridgehead atoms. The van der Waals surface area contributed by atoms with Crippen LogP contribution in [0.1, 0.15) is 18.9 Å². The lowest BCUT2D eigenvalue weighted by Gasteiger charge is -2.17. The van der Waals surface area contributed by atoms with Crippen LogP contribution in [0.3, 0.4) is 0 Å². The molecule has 0 unspecified atom stereocenters. The lowest BCUT2D eigenvalue weighted by Crippen LogP contribution is -2.29. The summed E-state index contributed by atoms with van der Waals surface area (Å²) in [6.07, 6.45) is 2.40. The molecule has 7 heteroatoms. The summed E-state index contributed by atoms with van der Waals surface area (Å²) in [5.74, 6) is 0.666. The maximum Gasteiger partial charge on any atom is 0.242 e. The van der Waals surface area contributed by atoms with Crippen LogP contribution in [0.25, 0.3) is 0 Å². The van der Waals surface area contributed by atoms with Crippen LogP contribution < -0.4 is 4.74 Å². The van der Waals surface area contributed by atoms with Gasteiger partial charge in [-0.1, -0.05) is 0 Å². The molecule has 1 aromatic carbocycles. The number of hydrogen-bond donors (Lipinski definition) is 0. The van der Waals surface area contributed by atoms with Crippen molar-refractivity contribution >= 4 is 21.4 Å². The van der Waals surface area contributed by atoms with Gasteiger partial charge in [0.25, 0.3) is 0 Å². The van der Waals surface area contributed by atoms with Crippen LogP contribution in [-0.2, 0) is 16.4 Å². The molecule has 0 spiro atoms. The highest BCUT2D eigenvalue weighted by molar-refractivity contribution is 7.89. The van der Waals surface area contributed by atoms with Gasteiger partial charge in [0.15, 0.2) is 0 Å². The van der Waals surface area contributed by atoms with E-state index in [-0.39, 0.29) is 11.0 Å². The molecule has 22 heavy (non-hydrogen) atoms. The Morgan fingerprint density at radius 3 is 2.50 bits per heavy atom. The van der Waals surface area contributed by atoms with E-state index in [0.717, 1.165) is 5.01 Å². The van der Waals surface area contributed by atoms with E-state index in [9.17, 15) is 8.42 Å². The average molecular weight is 340 g/mol. The van der Waals surface area contributed by atoms with Crippen LogP contribution in [0.2, 0.25) is 0 Å². The van der Waals surface area contributed by atoms with Gasteiger partial charge in [-0.25, -0.2) is 17.7 Å². The summed E-state index contributed by atoms with van der Waals surface area (Å²) in [5.41, 5.74) is 0. The van der Waals surface area contributed by atoms with E-state index in [4.69, 9.17) is 4.74 Å². The highest BCUT2D eigenvalue weighted by atomic mass is 32.2. The first kappa shape index (κ1) is 16.9. The van der Waals surface area contributed by atoms with Crippen LogP contribution in [0.4, 0.5) is 0 Å². The van der Waals surface area contributed by atoms with E-state index in [2.05, 4.69) is 4.98 Å². The molecular weight excluding hydrogens is 320 g/mol. The van der Waals surface area contributed by atoms with Crippen LogP contribution in [0.15, 0.2) is 40.7 Å². The lowest BCUT2D eigenvalue weighted by molar-refractivity contribution is 0.242. The van der Waals surface area contributed by atoms with Gasteiger partial charge in [0.1, 0.15) is 5.75 Å². The molecule has 5 nitrogen and oxygen atoms in total. The Kier molecular flexibility index (Phi) is 5.55. The number of ether oxygens (including phenoxy) is 1. The molecule has 0 saturated carbocycles. The summed E-state index contributed by atoms with van der Waals surface area (Å²) in [6, 6.07) is 6.52. The highest BCUT2D eigenvalue weighted by Crippen LogP contribution is 2.20. The summed E-state index contributed by atoms with van der Waals surface area (Å²) < 4.78 is 31.9. The van der Waals surface area contributed by atoms with Crippen molar-refractivity contribution in [2.24, 2.45) is 0 Å². The second kappa shape index (κ2) is 7.21. The monoisotopic (exact) mass is 340 g/mol. The van der Waals surface area contributed by atoms with E-state index in [1.54, 1.807) is 37.5 Å². The maximum atomic E-state index is 12.5. The fourth-order valence-corrected chi connectivity index (χ4v) is 3.67. The van der Waals surface area contributed by atoms with Gasteiger partial charge >= 0.3 is 0 Å². The Hall–Kier alpha value is -1.44. The summed E-state index contributed by atoms with van der Waals surface area (Å²) in [4.78, 5) is 4.43. The van der Waals surface area contributed by atoms with Crippen molar-refractivity contribution in [2.45, 2.75) is 31.3 Å². The Morgan fingerprint density at radius 2 is 1.95 bits per heavy atom. The second-order valence-electron chi connectivity index (χ2n) is 5.14. The molecule has 0 radical (unpaired) electrons. The van der Waals surface area contributed by atoms with E-state index in [1.165, 1.54) is 15.6 Å². The number of rotatable bonds is 7. The lowest BCUT2D eigenvalue weighted by atomic mass is 10.3. The van der Waals surface area contributed by atoms with E-state index in [0.29, 0.717) is 18.7 Å². The Labute approximate surface area is 135 Å². The molecule has 0 N–H and O–H groups in total. The van der Waals surface area contributed by atoms with E-state index in [1.807, 2.05) is 19.2 Å². The van der Waals surface area contributed by atoms with Crippen molar-refractivity contribution in [3.63, 3.8) is 0 Å². The number of benzene rings is 1. The first-order chi connectivity index (χ1) is 10.4. The molecular formula is C15H20N2O3S2. The number of sulfonamides is 1. The Balaban J connectivity index is 2.05. The van der Waals surface area contributed by atoms with Crippen molar-refractivity contribution in [1.29, 1.82) is 0 Å². The topological polar surface area (TPSA) is 59.5 Å². The SMILES string of the molecule is CC(C)Oc1ccc(S(=O)(=O)N(C)CCc2nccs2)cc1. The third-order valence-electron chi connectivity index (χ3n) is 3.03. The van der Waals surface area contributed by atoms with Gasteiger partial charge in [-0.15, -0.1) is 11.3 Å². The van der Waals surface area contributed by atoms with Crippen LogP contribution in [0, 0.1) is 0 Å². The van der Waals surface area contributed by atoms with Crippen molar-refractivity contribution < 1.29 is 13.2 Å². The number of hydrogen-bond acceptors (Lipinski definition) is 5. The second-order valence-corrected chi connectivity index (χ2v) is 8.16. The quantitative estimate of drug-likeness (QED) is 0.778. The molecule has 2 rings (SSSR count). The minimum Gasteiger partial charge on any atom is -0.491 e. The number of thiazole rings is 1. The van der Waals surface area contributed by atoms with Crippen molar-refractivity contribution in [3.8, 4) is 5.75 Å². The molecule has 0 aliphatic carbocycles. The zero-order chi connectivity index (χ0) is 16.2. The summed E-state index contributed by atoms with van der Waals surface area (Å²) in [7, 11) is -1.90. The Bertz CT molecular complexity index is 680. The predicted octanol–water partition coefficient (Wildman–Crippen LogP) is 2.79. The molecule has 1 aromatic heterocycles. The van der Waals surface area contributed by atoms with Gasteiger partial charge in [-0.2, -0.15) is 0 Å². The van der Waals surface area contributed by atoms with E-state index < -0.39 is 10.0 Å². The van der Waals surface area contributed by atoms with Crippen LogP contribution >= 0.6 is 11.3 Å². The van der Waals surface area contributed by atoms with Crippen molar-refractivity contribution in [2.75, 3.05) is 13.6 Å². The van der Waals surface area contributed by atoms with Crippen molar-refractivity contribution in [3.05, 3.63) is 40.8 Å². The molecule has 2 aromatic rings. The minimum atomic E-state index is -3.48. The fraction of sp³-hybridized carbons (Fsp3) is 0.400. The van der Waals surface area contributed by atoms with Gasteiger partial charge in [0.2, 0.25) is 10.0 Å². The first-order valence-electron chi connectivity index (χ1n) is 7.01. The van der Waals surface area contributed by atoms with Crippen molar-refractivity contribution in [1.82, 2.24) is 9.29 Å². The minimum absolute atomic E-state index is 0.0587. The molecule has 0 fully saturated rings. The maximum absolute atomic E-state index is 12.5. The van der Waals surface area contributed by atoms with Gasteiger partial charge in [0, 0.05) is 31.6 Å². The van der Waals surface area contributed by atoms with Crippen LogP contribution in [0.5, 0.6) is 5.75 Å². The van der Waals surface area contributed by atoms with Gasteiger partial charge < -0.3 is 4.74 Å². The molecule has 0 aliphatic heterocycles. The molecule has 0 atom stereocenters. The van der Waals surface area contributed by atoms with Gasteiger partial charge in [-0.3, -0.25) is 0 Å². The normalized spacial score (nSPS) is 12.0. The fourth-order valence-electron chi connectivity index (χ4n) is 1.89. The standard InChI is InChI=1S/C15H20N2O3S2/c1-12(2)20-13-4-6-14(7-5-13)22(18,19)17(3)10-8-15-16-9-11-21-15/h4-7,9,11-12H,8,10H2,1-3H3. The van der Waals surface area contributed by atoms with Crippen LogP contribution in [-0.4, -0.2) is 37.4 Å². The first-order valence-corrected chi connectivity index (χ1v) is 9.33. The summed E-state index contributed by atoms with van der Waals surface area (Å²) in [6.45, 7) is 4.26. The molecule has 0 saturated heterocycles. The zero-order valence-corrected chi connectivity index (χ0v) is 14.5. The Morgan fingerprint density at radius 1 is 1.27 bits per heavy atom. The molecule has 120 valence electrons. The molecule has 0 aliphatic rings. The molecule has 1 heterocycles. The average Bonchev–Trinajstić information content (AvgIpc) is 2.98. The number of nitrogens with zero attached hydrogens (tertiary/aromatic N) is 2. The summed E-state index contributed by atoms with van der Waals surface area (Å²) >= 11 is 1.53. The number of aromatic nitrogens is 1. The third kappa shape index (κ3) is 4.28. The molecule has 0 amide bonds. The largest absolute Gasteiger partial charge is 0.491 e. The third-order valence-corrected chi connectivity index (χ3v) is 5.74. The zero-order valence-electron chi connectivity index (χ0n) is 12.9. The summed E-state index contributed by atoms with van der Waals surface area (Å²) in [5, 5.41) is 2.82. The van der Waals surface area contributed by atoms with Gasteiger partial charge in [0.05, 0.1) is 16.0 Å². The highest BCUT2D eigenvalue weighted by Gasteiger charge is 2.20. The number of likely N-dealkylation sites (N-methyl/N-ethyl adjacent to an activating group) is 1. The smallest absolute Gasteiger partial charge is 0.242 e. The van der Waals surface area contributed by atoms with Gasteiger partial charge in [-0.05, 0) is 38.1 Å².